The molecule has 7 heteroatoms. The highest BCUT2D eigenvalue weighted by Crippen LogP contribution is 2.24. The summed E-state index contributed by atoms with van der Waals surface area (Å²) in [4.78, 5) is 38.8. The molecular weight excluding hydrogens is 360 g/mol. The molecule has 0 saturated carbocycles. The Morgan fingerprint density at radius 2 is 1.71 bits per heavy atom. The zero-order chi connectivity index (χ0) is 21.5. The second kappa shape index (κ2) is 15.5. The smallest absolute Gasteiger partial charge is 0.309 e. The summed E-state index contributed by atoms with van der Waals surface area (Å²) in [5.74, 6) is -1.61. The van der Waals surface area contributed by atoms with Gasteiger partial charge >= 0.3 is 5.97 Å². The van der Waals surface area contributed by atoms with Crippen LogP contribution in [0.4, 0.5) is 0 Å². The van der Waals surface area contributed by atoms with Crippen LogP contribution in [0.3, 0.4) is 0 Å². The van der Waals surface area contributed by atoms with Crippen LogP contribution in [-0.4, -0.2) is 67.1 Å². The van der Waals surface area contributed by atoms with Crippen LogP contribution in [0.1, 0.15) is 60.3 Å². The van der Waals surface area contributed by atoms with Crippen LogP contribution in [0, 0.1) is 17.8 Å². The normalized spacial score (nSPS) is 14.4. The van der Waals surface area contributed by atoms with Crippen LogP contribution >= 0.6 is 0 Å². The van der Waals surface area contributed by atoms with E-state index in [2.05, 4.69) is 24.1 Å². The third-order valence-electron chi connectivity index (χ3n) is 5.28. The predicted molar refractivity (Wildman–Crippen MR) is 110 cm³/mol. The van der Waals surface area contributed by atoms with Crippen LogP contribution in [0.2, 0.25) is 0 Å². The number of Topliss-reactive ketones (excluding diaryl/α,β-unsaturated/α-hetero) is 1. The first-order valence-corrected chi connectivity index (χ1v) is 10.6. The minimum absolute atomic E-state index is 0.00820. The van der Waals surface area contributed by atoms with Gasteiger partial charge in [-0.2, -0.15) is 0 Å². The predicted octanol–water partition coefficient (Wildman–Crippen LogP) is 2.02. The van der Waals surface area contributed by atoms with Crippen molar-refractivity contribution >= 4 is 17.7 Å². The largest absolute Gasteiger partial charge is 0.463 e. The van der Waals surface area contributed by atoms with Crippen molar-refractivity contribution in [2.75, 3.05) is 39.4 Å². The van der Waals surface area contributed by atoms with Crippen LogP contribution < -0.4 is 5.32 Å². The molecule has 0 rings (SSSR count). The zero-order valence-electron chi connectivity index (χ0n) is 18.3. The van der Waals surface area contributed by atoms with Gasteiger partial charge in [-0.05, 0) is 52.2 Å². The van der Waals surface area contributed by atoms with Crippen molar-refractivity contribution in [1.82, 2.24) is 10.2 Å². The lowest BCUT2D eigenvalue weighted by atomic mass is 9.85. The first kappa shape index (κ1) is 26.5. The maximum absolute atomic E-state index is 12.6. The molecule has 0 radical (unpaired) electrons. The molecule has 0 fully saturated rings. The molecule has 1 amide bonds. The van der Waals surface area contributed by atoms with Gasteiger partial charge in [-0.1, -0.05) is 27.7 Å². The maximum atomic E-state index is 12.6. The number of esters is 1. The maximum Gasteiger partial charge on any atom is 0.309 e. The van der Waals surface area contributed by atoms with Gasteiger partial charge in [0.2, 0.25) is 5.91 Å². The monoisotopic (exact) mass is 400 g/mol. The number of ketones is 1. The van der Waals surface area contributed by atoms with Gasteiger partial charge in [-0.25, -0.2) is 0 Å². The Kier molecular flexibility index (Phi) is 14.6. The molecular formula is C21H40N2O5. The van der Waals surface area contributed by atoms with Crippen LogP contribution in [0.5, 0.6) is 0 Å². The average molecular weight is 401 g/mol. The minimum atomic E-state index is -0.531. The van der Waals surface area contributed by atoms with Gasteiger partial charge in [0, 0.05) is 18.4 Å². The van der Waals surface area contributed by atoms with E-state index >= 15 is 0 Å². The number of nitrogens with zero attached hydrogens (tertiary/aromatic N) is 1. The highest BCUT2D eigenvalue weighted by atomic mass is 16.5. The number of rotatable bonds is 16. The van der Waals surface area contributed by atoms with E-state index < -0.39 is 11.9 Å². The molecule has 28 heavy (non-hydrogen) atoms. The van der Waals surface area contributed by atoms with Crippen molar-refractivity contribution < 1.29 is 24.2 Å². The first-order valence-electron chi connectivity index (χ1n) is 10.6. The Balaban J connectivity index is 4.76. The Morgan fingerprint density at radius 3 is 2.21 bits per heavy atom. The number of carbonyl (C=O) groups is 3. The standard InChI is InChI=1S/C21H40N2O5/c1-6-18(20(26)22-10-9-11-23(7-2)8-3)15-19(14-16(4)17(5)25)21(27)28-13-12-24/h16,18-19,24H,6-15H2,1-5H3,(H,22,26). The number of ether oxygens (including phenoxy) is 1. The summed E-state index contributed by atoms with van der Waals surface area (Å²) in [6.45, 7) is 12.7. The summed E-state index contributed by atoms with van der Waals surface area (Å²) in [7, 11) is 0. The lowest BCUT2D eigenvalue weighted by Gasteiger charge is -2.23. The van der Waals surface area contributed by atoms with E-state index in [1.54, 1.807) is 6.92 Å². The van der Waals surface area contributed by atoms with Crippen molar-refractivity contribution in [2.24, 2.45) is 17.8 Å². The fourth-order valence-electron chi connectivity index (χ4n) is 3.15. The highest BCUT2D eigenvalue weighted by Gasteiger charge is 2.29. The van der Waals surface area contributed by atoms with E-state index in [1.807, 2.05) is 6.92 Å². The van der Waals surface area contributed by atoms with Crippen molar-refractivity contribution in [3.63, 3.8) is 0 Å². The van der Waals surface area contributed by atoms with Crippen molar-refractivity contribution in [2.45, 2.75) is 60.3 Å². The Morgan fingerprint density at radius 1 is 1.07 bits per heavy atom. The number of aliphatic hydroxyl groups is 1. The summed E-state index contributed by atoms with van der Waals surface area (Å²) in [5.41, 5.74) is 0. The van der Waals surface area contributed by atoms with Gasteiger partial charge in [0.25, 0.3) is 0 Å². The van der Waals surface area contributed by atoms with Crippen molar-refractivity contribution in [3.05, 3.63) is 0 Å². The van der Waals surface area contributed by atoms with Crippen molar-refractivity contribution in [3.8, 4) is 0 Å². The molecule has 0 aliphatic heterocycles. The topological polar surface area (TPSA) is 95.9 Å². The second-order valence-electron chi connectivity index (χ2n) is 7.35. The summed E-state index contributed by atoms with van der Waals surface area (Å²) in [6.07, 6.45) is 2.19. The van der Waals surface area contributed by atoms with Crippen molar-refractivity contribution in [1.29, 1.82) is 0 Å². The van der Waals surface area contributed by atoms with Gasteiger partial charge in [0.05, 0.1) is 12.5 Å². The number of amides is 1. The fourth-order valence-corrected chi connectivity index (χ4v) is 3.15. The molecule has 0 aromatic carbocycles. The quantitative estimate of drug-likeness (QED) is 0.304. The molecule has 0 spiro atoms. The molecule has 0 aliphatic carbocycles. The van der Waals surface area contributed by atoms with Crippen LogP contribution in [0.15, 0.2) is 0 Å². The SMILES string of the molecule is CCC(CC(CC(C)C(C)=O)C(=O)OCCO)C(=O)NCCCN(CC)CC. The van der Waals surface area contributed by atoms with E-state index in [4.69, 9.17) is 9.84 Å². The molecule has 3 atom stereocenters. The van der Waals surface area contributed by atoms with E-state index in [-0.39, 0.29) is 36.7 Å². The molecule has 0 aromatic rings. The van der Waals surface area contributed by atoms with Gasteiger partial charge < -0.3 is 20.1 Å². The summed E-state index contributed by atoms with van der Waals surface area (Å²) in [6, 6.07) is 0. The molecule has 0 heterocycles. The molecule has 0 aromatic heterocycles. The van der Waals surface area contributed by atoms with Gasteiger partial charge in [0.1, 0.15) is 12.4 Å². The van der Waals surface area contributed by atoms with E-state index in [0.717, 1.165) is 26.1 Å². The van der Waals surface area contributed by atoms with Crippen LogP contribution in [0.25, 0.3) is 0 Å². The van der Waals surface area contributed by atoms with Gasteiger partial charge in [0.15, 0.2) is 0 Å². The molecule has 0 aliphatic rings. The number of carbonyl (C=O) groups excluding carboxylic acids is 3. The number of hydrogen-bond acceptors (Lipinski definition) is 6. The third kappa shape index (κ3) is 10.8. The summed E-state index contributed by atoms with van der Waals surface area (Å²) in [5, 5.41) is 11.9. The van der Waals surface area contributed by atoms with Gasteiger partial charge in [-0.15, -0.1) is 0 Å². The van der Waals surface area contributed by atoms with Crippen LogP contribution in [-0.2, 0) is 19.1 Å². The van der Waals surface area contributed by atoms with Gasteiger partial charge in [-0.3, -0.25) is 14.4 Å². The highest BCUT2D eigenvalue weighted by molar-refractivity contribution is 5.81. The zero-order valence-corrected chi connectivity index (χ0v) is 18.3. The lowest BCUT2D eigenvalue weighted by molar-refractivity contribution is -0.151. The lowest BCUT2D eigenvalue weighted by Crippen LogP contribution is -2.36. The summed E-state index contributed by atoms with van der Waals surface area (Å²) < 4.78 is 5.07. The fraction of sp³-hybridized carbons (Fsp3) is 0.857. The molecule has 0 bridgehead atoms. The van der Waals surface area contributed by atoms with E-state index in [9.17, 15) is 14.4 Å². The first-order chi connectivity index (χ1) is 13.3. The second-order valence-corrected chi connectivity index (χ2v) is 7.35. The summed E-state index contributed by atoms with van der Waals surface area (Å²) >= 11 is 0. The van der Waals surface area contributed by atoms with E-state index in [0.29, 0.717) is 25.8 Å². The number of aliphatic hydroxyl groups excluding tert-OH is 1. The third-order valence-corrected chi connectivity index (χ3v) is 5.28. The Bertz CT molecular complexity index is 466. The molecule has 7 nitrogen and oxygen atoms in total. The number of nitrogens with one attached hydrogen (secondary N) is 1. The Labute approximate surface area is 170 Å². The molecule has 0 saturated heterocycles. The number of hydrogen-bond donors (Lipinski definition) is 2. The molecule has 3 unspecified atom stereocenters. The minimum Gasteiger partial charge on any atom is -0.463 e. The average Bonchev–Trinajstić information content (AvgIpc) is 2.68. The Hall–Kier alpha value is -1.47. The van der Waals surface area contributed by atoms with E-state index in [1.165, 1.54) is 6.92 Å². The molecule has 164 valence electrons. The molecule has 2 N–H and O–H groups in total.